The Hall–Kier alpha value is -1.89. The minimum Gasteiger partial charge on any atom is -0.488 e. The van der Waals surface area contributed by atoms with Gasteiger partial charge in [0, 0.05) is 24.5 Å². The molecule has 29 heavy (non-hydrogen) atoms. The van der Waals surface area contributed by atoms with E-state index in [0.29, 0.717) is 26.2 Å². The smallest absolute Gasteiger partial charge is 0.307 e. The van der Waals surface area contributed by atoms with Gasteiger partial charge in [0.05, 0.1) is 19.1 Å². The normalized spacial score (nSPS) is 17.9. The molecule has 1 atom stereocenters. The number of esters is 1. The van der Waals surface area contributed by atoms with Crippen LogP contribution in [0.5, 0.6) is 5.75 Å². The largest absolute Gasteiger partial charge is 0.488 e. The van der Waals surface area contributed by atoms with Crippen LogP contribution in [-0.4, -0.2) is 42.7 Å². The minimum atomic E-state index is -0.435. The first kappa shape index (κ1) is 21.8. The molecular formula is C23H31NO4S. The highest BCUT2D eigenvalue weighted by atomic mass is 32.1. The van der Waals surface area contributed by atoms with Crippen molar-refractivity contribution in [2.75, 3.05) is 26.2 Å². The van der Waals surface area contributed by atoms with Crippen molar-refractivity contribution in [3.05, 3.63) is 51.7 Å². The molecule has 158 valence electrons. The van der Waals surface area contributed by atoms with Crippen LogP contribution < -0.4 is 4.74 Å². The van der Waals surface area contributed by atoms with Crippen LogP contribution in [0.4, 0.5) is 0 Å². The summed E-state index contributed by atoms with van der Waals surface area (Å²) in [6.45, 7) is 11.3. The molecule has 0 aliphatic carbocycles. The third kappa shape index (κ3) is 6.84. The number of benzene rings is 1. The Morgan fingerprint density at radius 2 is 2.14 bits per heavy atom. The molecule has 0 bridgehead atoms. The van der Waals surface area contributed by atoms with Crippen LogP contribution in [0.2, 0.25) is 0 Å². The zero-order valence-corrected chi connectivity index (χ0v) is 18.6. The van der Waals surface area contributed by atoms with Crippen LogP contribution in [0, 0.1) is 6.92 Å². The maximum Gasteiger partial charge on any atom is 0.307 e. The van der Waals surface area contributed by atoms with Gasteiger partial charge in [0.1, 0.15) is 18.0 Å². The number of morpholine rings is 1. The van der Waals surface area contributed by atoms with E-state index in [2.05, 4.69) is 35.4 Å². The molecule has 1 fully saturated rings. The number of rotatable bonds is 7. The van der Waals surface area contributed by atoms with Crippen molar-refractivity contribution in [3.8, 4) is 5.75 Å². The van der Waals surface area contributed by atoms with Crippen LogP contribution in [0.3, 0.4) is 0 Å². The molecule has 1 saturated heterocycles. The lowest BCUT2D eigenvalue weighted by Gasteiger charge is -2.33. The van der Waals surface area contributed by atoms with E-state index in [1.807, 2.05) is 32.9 Å². The lowest BCUT2D eigenvalue weighted by Crippen LogP contribution is -2.40. The van der Waals surface area contributed by atoms with Gasteiger partial charge in [0.2, 0.25) is 0 Å². The summed E-state index contributed by atoms with van der Waals surface area (Å²) in [5, 5.41) is 2.06. The maximum absolute atomic E-state index is 12.0. The predicted molar refractivity (Wildman–Crippen MR) is 115 cm³/mol. The van der Waals surface area contributed by atoms with Crippen molar-refractivity contribution in [2.24, 2.45) is 0 Å². The van der Waals surface area contributed by atoms with Gasteiger partial charge in [-0.15, -0.1) is 11.3 Å². The van der Waals surface area contributed by atoms with E-state index in [0.717, 1.165) is 24.4 Å². The first-order chi connectivity index (χ1) is 13.8. The average molecular weight is 418 g/mol. The van der Waals surface area contributed by atoms with E-state index in [4.69, 9.17) is 14.2 Å². The molecule has 0 spiro atoms. The average Bonchev–Trinajstić information content (AvgIpc) is 3.17. The Balaban J connectivity index is 1.53. The Morgan fingerprint density at radius 3 is 2.83 bits per heavy atom. The van der Waals surface area contributed by atoms with Crippen LogP contribution in [-0.2, 0) is 20.9 Å². The zero-order valence-electron chi connectivity index (χ0n) is 17.8. The number of hydrogen-bond donors (Lipinski definition) is 0. The van der Waals surface area contributed by atoms with Crippen molar-refractivity contribution < 1.29 is 19.0 Å². The fourth-order valence-electron chi connectivity index (χ4n) is 3.38. The third-order valence-electron chi connectivity index (χ3n) is 4.75. The Bertz CT molecular complexity index is 798. The zero-order chi connectivity index (χ0) is 20.9. The van der Waals surface area contributed by atoms with Crippen LogP contribution in [0.15, 0.2) is 35.7 Å². The van der Waals surface area contributed by atoms with Gasteiger partial charge in [0.15, 0.2) is 0 Å². The molecule has 3 rings (SSSR count). The molecule has 6 heteroatoms. The second-order valence-electron chi connectivity index (χ2n) is 8.38. The molecular weight excluding hydrogens is 386 g/mol. The molecule has 1 aliphatic heterocycles. The minimum absolute atomic E-state index is 0.00809. The molecule has 0 amide bonds. The monoisotopic (exact) mass is 417 g/mol. The number of carbonyl (C=O) groups is 1. The van der Waals surface area contributed by atoms with Crippen molar-refractivity contribution >= 4 is 17.3 Å². The SMILES string of the molecule is Cc1cc(OCc2cccs2)ccc1C1CN(CCC(=O)OC(C)(C)C)CCO1. The summed E-state index contributed by atoms with van der Waals surface area (Å²) >= 11 is 1.70. The van der Waals surface area contributed by atoms with Gasteiger partial charge in [-0.25, -0.2) is 0 Å². The fourth-order valence-corrected chi connectivity index (χ4v) is 4.00. The fraction of sp³-hybridized carbons (Fsp3) is 0.522. The van der Waals surface area contributed by atoms with Crippen molar-refractivity contribution in [1.82, 2.24) is 4.90 Å². The summed E-state index contributed by atoms with van der Waals surface area (Å²) in [5.41, 5.74) is 1.90. The highest BCUT2D eigenvalue weighted by Crippen LogP contribution is 2.28. The summed E-state index contributed by atoms with van der Waals surface area (Å²) in [7, 11) is 0. The number of thiophene rings is 1. The molecule has 0 saturated carbocycles. The van der Waals surface area contributed by atoms with E-state index in [1.165, 1.54) is 10.4 Å². The number of carbonyl (C=O) groups excluding carboxylic acids is 1. The Kier molecular flexibility index (Phi) is 7.33. The standard InChI is InChI=1S/C23H31NO4S/c1-17-14-18(27-16-19-6-5-13-29-19)7-8-20(17)21-15-24(11-12-26-21)10-9-22(25)28-23(2,3)4/h5-8,13-14,21H,9-12,15-16H2,1-4H3. The highest BCUT2D eigenvalue weighted by molar-refractivity contribution is 7.09. The van der Waals surface area contributed by atoms with E-state index in [1.54, 1.807) is 11.3 Å². The molecule has 2 aromatic rings. The second-order valence-corrected chi connectivity index (χ2v) is 9.42. The number of nitrogens with zero attached hydrogens (tertiary/aromatic N) is 1. The second kappa shape index (κ2) is 9.74. The molecule has 1 aliphatic rings. The molecule has 1 unspecified atom stereocenters. The predicted octanol–water partition coefficient (Wildman–Crippen LogP) is 4.74. The van der Waals surface area contributed by atoms with E-state index in [-0.39, 0.29) is 12.1 Å². The van der Waals surface area contributed by atoms with Gasteiger partial charge < -0.3 is 14.2 Å². The first-order valence-electron chi connectivity index (χ1n) is 10.1. The summed E-state index contributed by atoms with van der Waals surface area (Å²) in [4.78, 5) is 15.5. The summed E-state index contributed by atoms with van der Waals surface area (Å²) < 4.78 is 17.3. The van der Waals surface area contributed by atoms with Crippen molar-refractivity contribution in [3.63, 3.8) is 0 Å². The lowest BCUT2D eigenvalue weighted by molar-refractivity contribution is -0.155. The van der Waals surface area contributed by atoms with Crippen molar-refractivity contribution in [1.29, 1.82) is 0 Å². The van der Waals surface area contributed by atoms with Gasteiger partial charge in [-0.2, -0.15) is 0 Å². The lowest BCUT2D eigenvalue weighted by atomic mass is 10.0. The van der Waals surface area contributed by atoms with Crippen molar-refractivity contribution in [2.45, 2.75) is 52.4 Å². The van der Waals surface area contributed by atoms with E-state index in [9.17, 15) is 4.79 Å². The Labute approximate surface area is 177 Å². The van der Waals surface area contributed by atoms with Gasteiger partial charge in [0.25, 0.3) is 0 Å². The third-order valence-corrected chi connectivity index (χ3v) is 5.60. The number of ether oxygens (including phenoxy) is 3. The molecule has 2 heterocycles. The maximum atomic E-state index is 12.0. The summed E-state index contributed by atoms with van der Waals surface area (Å²) in [6, 6.07) is 10.3. The first-order valence-corrected chi connectivity index (χ1v) is 11.0. The van der Waals surface area contributed by atoms with Crippen LogP contribution in [0.1, 0.15) is 49.3 Å². The number of hydrogen-bond acceptors (Lipinski definition) is 6. The summed E-state index contributed by atoms with van der Waals surface area (Å²) in [6.07, 6.45) is 0.409. The van der Waals surface area contributed by atoms with Gasteiger partial charge >= 0.3 is 5.97 Å². The molecule has 1 aromatic carbocycles. The van der Waals surface area contributed by atoms with E-state index < -0.39 is 5.60 Å². The quantitative estimate of drug-likeness (QED) is 0.609. The Morgan fingerprint density at radius 1 is 1.31 bits per heavy atom. The topological polar surface area (TPSA) is 48.0 Å². The molecule has 0 radical (unpaired) electrons. The highest BCUT2D eigenvalue weighted by Gasteiger charge is 2.24. The van der Waals surface area contributed by atoms with Crippen LogP contribution in [0.25, 0.3) is 0 Å². The molecule has 0 N–H and O–H groups in total. The summed E-state index contributed by atoms with van der Waals surface area (Å²) in [5.74, 6) is 0.723. The van der Waals surface area contributed by atoms with E-state index >= 15 is 0 Å². The van der Waals surface area contributed by atoms with Gasteiger partial charge in [-0.1, -0.05) is 12.1 Å². The van der Waals surface area contributed by atoms with Crippen LogP contribution >= 0.6 is 11.3 Å². The van der Waals surface area contributed by atoms with Gasteiger partial charge in [-0.05, 0) is 62.4 Å². The number of aryl methyl sites for hydroxylation is 1. The molecule has 5 nitrogen and oxygen atoms in total. The molecule has 1 aromatic heterocycles. The van der Waals surface area contributed by atoms with Gasteiger partial charge in [-0.3, -0.25) is 9.69 Å².